The van der Waals surface area contributed by atoms with Gasteiger partial charge < -0.3 is 55.2 Å². The first-order chi connectivity index (χ1) is 28.9. The molecule has 8 N–H and O–H groups in total. The summed E-state index contributed by atoms with van der Waals surface area (Å²) in [4.78, 5) is 97.7. The van der Waals surface area contributed by atoms with E-state index in [4.69, 9.17) is 12.6 Å². The summed E-state index contributed by atoms with van der Waals surface area (Å²) >= 11 is 6.24. The second-order valence-corrected chi connectivity index (χ2v) is 26.3. The third kappa shape index (κ3) is 33.0. The average molecular weight is 974 g/mol. The van der Waals surface area contributed by atoms with Crippen LogP contribution < -0.4 is 42.5 Å². The molecule has 0 spiro atoms. The molecule has 18 heteroatoms. The lowest BCUT2D eigenvalue weighted by molar-refractivity contribution is -0.133. The molecule has 0 heterocycles. The first-order valence-electron chi connectivity index (χ1n) is 22.6. The Bertz CT molecular complexity index is 1570. The molecule has 16 nitrogen and oxygen atoms in total. The van der Waals surface area contributed by atoms with Gasteiger partial charge in [0.25, 0.3) is 0 Å². The molecule has 0 rings (SSSR count). The van der Waals surface area contributed by atoms with Crippen molar-refractivity contribution in [2.24, 2.45) is 21.7 Å². The predicted octanol–water partition coefficient (Wildman–Crippen LogP) is 5.04. The zero-order valence-corrected chi connectivity index (χ0v) is 47.1. The molecule has 0 aromatic heterocycles. The smallest absolute Gasteiger partial charge is 0.243 e. The molecular formula is C48H93N8O8S2-. The number of hydrogen-bond donors (Lipinski definition) is 8. The molecule has 8 amide bonds. The summed E-state index contributed by atoms with van der Waals surface area (Å²) in [6.07, 6.45) is 0. The number of rotatable bonds is 13. The van der Waals surface area contributed by atoms with Gasteiger partial charge in [0.15, 0.2) is 0 Å². The zero-order chi connectivity index (χ0) is 53.4. The molecule has 386 valence electrons. The van der Waals surface area contributed by atoms with Crippen LogP contribution in [-0.2, 0) is 51.0 Å². The molecule has 0 aliphatic rings. The molecule has 4 atom stereocenters. The van der Waals surface area contributed by atoms with Crippen molar-refractivity contribution in [3.63, 3.8) is 0 Å². The highest BCUT2D eigenvalue weighted by atomic mass is 32.2. The Labute approximate surface area is 409 Å². The lowest BCUT2D eigenvalue weighted by Crippen LogP contribution is -2.56. The van der Waals surface area contributed by atoms with E-state index in [1.807, 2.05) is 104 Å². The Kier molecular flexibility index (Phi) is 26.6. The number of nitrogens with one attached hydrogen (secondary N) is 8. The van der Waals surface area contributed by atoms with Crippen molar-refractivity contribution in [2.75, 3.05) is 17.3 Å². The van der Waals surface area contributed by atoms with Crippen molar-refractivity contribution in [1.82, 2.24) is 42.5 Å². The summed E-state index contributed by atoms with van der Waals surface area (Å²) < 4.78 is 0. The Morgan fingerprint density at radius 1 is 0.364 bits per heavy atom. The highest BCUT2D eigenvalue weighted by molar-refractivity contribution is 7.99. The molecule has 0 aromatic rings. The van der Waals surface area contributed by atoms with Gasteiger partial charge in [0.1, 0.15) is 18.1 Å². The quantitative estimate of drug-likeness (QED) is 0.115. The number of hydrogen-bond acceptors (Lipinski definition) is 10. The largest absolute Gasteiger partial charge is 0.790 e. The van der Waals surface area contributed by atoms with Crippen LogP contribution in [-0.4, -0.2) is 111 Å². The van der Waals surface area contributed by atoms with Gasteiger partial charge >= 0.3 is 0 Å². The Hall–Kier alpha value is -3.54. The van der Waals surface area contributed by atoms with Crippen LogP contribution in [0.15, 0.2) is 0 Å². The van der Waals surface area contributed by atoms with Crippen molar-refractivity contribution in [3.8, 4) is 0 Å². The van der Waals surface area contributed by atoms with Gasteiger partial charge in [-0.25, -0.2) is 0 Å². The molecule has 0 bridgehead atoms. The summed E-state index contributed by atoms with van der Waals surface area (Å²) in [6.45, 7) is 45.8. The van der Waals surface area contributed by atoms with Crippen LogP contribution in [0.2, 0.25) is 0 Å². The van der Waals surface area contributed by atoms with Crippen LogP contribution >= 0.6 is 11.8 Å². The lowest BCUT2D eigenvalue weighted by Gasteiger charge is -2.29. The standard InChI is InChI=1S/C24H46N4O4S.C12H24N2O2S.C12H24N2O2/c1-21(2,3)19(31)25-15(17(29)27-23(7,8)9)13-33-14-16(18(30)28-24(10,11)12)26-20(32)22(4,5)6;1-11(2,3)10(16)13-8(7-17)9(15)14-12(4,5)6;1-8(9(15)14-12(5,6)7)13-10(16)11(2,3)4/h15-16H,13-14H2,1-12H3,(H,25,31)(H,26,32)(H,27,29)(H,28,30);8,17H,7H2,1-6H3,(H,13,16)(H,14,15);8H,1-7H3,(H,13,16)(H,14,15)/p-1. The number of carbonyl (C=O) groups excluding carboxylic acids is 8. The van der Waals surface area contributed by atoms with E-state index >= 15 is 0 Å². The SMILES string of the molecule is CC(C)(C)NC(=O)C(CSCC(NC(=O)C(C)(C)C)C(=O)NC(C)(C)C)NC(=O)C(C)(C)C.CC(C)(C)NC(=O)C(C[S-])NC(=O)C(C)(C)C.CC(NC(=O)C(C)(C)C)C(=O)NC(C)(C)C. The van der Waals surface area contributed by atoms with Crippen LogP contribution in [0.1, 0.15) is 173 Å². The van der Waals surface area contributed by atoms with Gasteiger partial charge in [-0.2, -0.15) is 11.8 Å². The summed E-state index contributed by atoms with van der Waals surface area (Å²) in [7, 11) is 0. The Morgan fingerprint density at radius 3 is 0.803 bits per heavy atom. The van der Waals surface area contributed by atoms with E-state index in [2.05, 4.69) is 42.5 Å². The second kappa shape index (κ2) is 26.3. The fraction of sp³-hybridized carbons (Fsp3) is 0.833. The second-order valence-electron chi connectivity index (χ2n) is 24.9. The van der Waals surface area contributed by atoms with E-state index in [0.29, 0.717) is 0 Å². The highest BCUT2D eigenvalue weighted by Gasteiger charge is 2.33. The van der Waals surface area contributed by atoms with Gasteiger partial charge in [0, 0.05) is 55.3 Å². The van der Waals surface area contributed by atoms with Gasteiger partial charge in [-0.15, -0.1) is 5.75 Å². The van der Waals surface area contributed by atoms with E-state index < -0.39 is 56.9 Å². The summed E-state index contributed by atoms with van der Waals surface area (Å²) in [5.74, 6) is -1.05. The summed E-state index contributed by atoms with van der Waals surface area (Å²) in [5.41, 5.74) is -3.82. The number of thioether (sulfide) groups is 1. The molecule has 0 aromatic carbocycles. The van der Waals surface area contributed by atoms with Crippen molar-refractivity contribution in [1.29, 1.82) is 0 Å². The van der Waals surface area contributed by atoms with Crippen molar-refractivity contribution < 1.29 is 38.4 Å². The van der Waals surface area contributed by atoms with E-state index in [0.717, 1.165) is 0 Å². The van der Waals surface area contributed by atoms with Crippen LogP contribution in [0, 0.1) is 21.7 Å². The molecule has 66 heavy (non-hydrogen) atoms. The Balaban J connectivity index is -0.00000101. The van der Waals surface area contributed by atoms with E-state index in [-0.39, 0.29) is 75.6 Å². The maximum absolute atomic E-state index is 12.8. The van der Waals surface area contributed by atoms with E-state index in [1.165, 1.54) is 11.8 Å². The van der Waals surface area contributed by atoms with Crippen LogP contribution in [0.3, 0.4) is 0 Å². The van der Waals surface area contributed by atoms with Crippen molar-refractivity contribution in [3.05, 3.63) is 0 Å². The molecule has 0 aliphatic heterocycles. The monoisotopic (exact) mass is 974 g/mol. The van der Waals surface area contributed by atoms with E-state index in [1.54, 1.807) is 69.2 Å². The van der Waals surface area contributed by atoms with Gasteiger partial charge in [0.2, 0.25) is 47.3 Å². The maximum atomic E-state index is 12.8. The molecule has 0 aliphatic carbocycles. The minimum absolute atomic E-state index is 0.121. The molecule has 0 fully saturated rings. The minimum Gasteiger partial charge on any atom is -0.790 e. The minimum atomic E-state index is -0.773. The van der Waals surface area contributed by atoms with Gasteiger partial charge in [-0.05, 0) is 90.0 Å². The first-order valence-corrected chi connectivity index (χ1v) is 24.3. The lowest BCUT2D eigenvalue weighted by atomic mass is 9.95. The molecular weight excluding hydrogens is 881 g/mol. The Morgan fingerprint density at radius 2 is 0.576 bits per heavy atom. The number of carbonyl (C=O) groups is 8. The molecule has 4 unspecified atom stereocenters. The van der Waals surface area contributed by atoms with Gasteiger partial charge in [-0.1, -0.05) is 83.1 Å². The summed E-state index contributed by atoms with van der Waals surface area (Å²) in [5, 5.41) is 22.5. The molecule has 0 saturated carbocycles. The van der Waals surface area contributed by atoms with Gasteiger partial charge in [0.05, 0.1) is 6.04 Å². The topological polar surface area (TPSA) is 233 Å². The molecule has 0 saturated heterocycles. The summed E-state index contributed by atoms with van der Waals surface area (Å²) in [6, 6.07) is -2.70. The van der Waals surface area contributed by atoms with E-state index in [9.17, 15) is 38.4 Å². The maximum Gasteiger partial charge on any atom is 0.243 e. The normalized spacial score (nSPS) is 14.4. The predicted molar refractivity (Wildman–Crippen MR) is 272 cm³/mol. The highest BCUT2D eigenvalue weighted by Crippen LogP contribution is 2.18. The zero-order valence-electron chi connectivity index (χ0n) is 45.5. The van der Waals surface area contributed by atoms with Crippen molar-refractivity contribution in [2.45, 2.75) is 219 Å². The van der Waals surface area contributed by atoms with Crippen LogP contribution in [0.4, 0.5) is 0 Å². The van der Waals surface area contributed by atoms with Crippen molar-refractivity contribution >= 4 is 71.6 Å². The van der Waals surface area contributed by atoms with Crippen LogP contribution in [0.25, 0.3) is 0 Å². The fourth-order valence-electron chi connectivity index (χ4n) is 4.30. The molecule has 0 radical (unpaired) electrons. The van der Waals surface area contributed by atoms with Crippen LogP contribution in [0.5, 0.6) is 0 Å². The van der Waals surface area contributed by atoms with Gasteiger partial charge in [-0.3, -0.25) is 38.4 Å². The third-order valence-corrected chi connectivity index (χ3v) is 9.53. The number of amides is 8. The first kappa shape index (κ1) is 66.7. The third-order valence-electron chi connectivity index (χ3n) is 8.06. The average Bonchev–Trinajstić information content (AvgIpc) is 3.05. The fourth-order valence-corrected chi connectivity index (χ4v) is 5.62.